The highest BCUT2D eigenvalue weighted by Gasteiger charge is 2.19. The van der Waals surface area contributed by atoms with Gasteiger partial charge in [0.25, 0.3) is 0 Å². The van der Waals surface area contributed by atoms with Crippen molar-refractivity contribution in [3.05, 3.63) is 29.8 Å². The first-order valence-corrected chi connectivity index (χ1v) is 6.79. The molecule has 0 atom stereocenters. The zero-order valence-electron chi connectivity index (χ0n) is 11.3. The van der Waals surface area contributed by atoms with Crippen LogP contribution in [0.4, 0.5) is 5.69 Å². The first kappa shape index (κ1) is 13.1. The van der Waals surface area contributed by atoms with Crippen LogP contribution < -0.4 is 10.2 Å². The number of hydrogen-bond donors (Lipinski definition) is 1. The van der Waals surface area contributed by atoms with Crippen LogP contribution in [0.5, 0.6) is 0 Å². The minimum atomic E-state index is 0.259. The van der Waals surface area contributed by atoms with E-state index in [1.54, 1.807) is 0 Å². The van der Waals surface area contributed by atoms with Crippen LogP contribution in [0, 0.1) is 0 Å². The molecule has 1 fully saturated rings. The maximum atomic E-state index is 11.8. The van der Waals surface area contributed by atoms with Gasteiger partial charge in [0.05, 0.1) is 0 Å². The summed E-state index contributed by atoms with van der Waals surface area (Å²) in [5, 5.41) is 3.39. The smallest absolute Gasteiger partial charge is 0.226 e. The minimum Gasteiger partial charge on any atom is -0.312 e. The Bertz CT molecular complexity index is 397. The molecular weight excluding hydrogens is 224 g/mol. The summed E-state index contributed by atoms with van der Waals surface area (Å²) in [6.45, 7) is 6.02. The second-order valence-electron chi connectivity index (χ2n) is 5.20. The summed E-state index contributed by atoms with van der Waals surface area (Å²) in [6, 6.07) is 8.81. The van der Waals surface area contributed by atoms with E-state index in [-0.39, 0.29) is 5.91 Å². The predicted molar refractivity (Wildman–Crippen MR) is 74.6 cm³/mol. The topological polar surface area (TPSA) is 32.3 Å². The molecule has 1 heterocycles. The molecule has 18 heavy (non-hydrogen) atoms. The van der Waals surface area contributed by atoms with E-state index in [4.69, 9.17) is 0 Å². The van der Waals surface area contributed by atoms with E-state index in [2.05, 4.69) is 43.4 Å². The summed E-state index contributed by atoms with van der Waals surface area (Å²) in [5.74, 6) is 0.259. The fourth-order valence-corrected chi connectivity index (χ4v) is 2.19. The lowest BCUT2D eigenvalue weighted by molar-refractivity contribution is -0.119. The summed E-state index contributed by atoms with van der Waals surface area (Å²) in [6.07, 6.45) is 2.84. The molecule has 0 radical (unpaired) electrons. The molecule has 0 aliphatic carbocycles. The molecule has 98 valence electrons. The van der Waals surface area contributed by atoms with Gasteiger partial charge in [-0.25, -0.2) is 0 Å². The van der Waals surface area contributed by atoms with Gasteiger partial charge in [-0.05, 0) is 30.5 Å². The summed E-state index contributed by atoms with van der Waals surface area (Å²) < 4.78 is 0. The van der Waals surface area contributed by atoms with Gasteiger partial charge in [0.1, 0.15) is 0 Å². The highest BCUT2D eigenvalue weighted by molar-refractivity contribution is 5.93. The lowest BCUT2D eigenvalue weighted by Crippen LogP contribution is -2.35. The second kappa shape index (κ2) is 6.01. The number of anilines is 1. The van der Waals surface area contributed by atoms with Crippen LogP contribution in [-0.2, 0) is 11.3 Å². The summed E-state index contributed by atoms with van der Waals surface area (Å²) in [7, 11) is 0. The molecule has 1 amide bonds. The van der Waals surface area contributed by atoms with Gasteiger partial charge in [0.2, 0.25) is 5.91 Å². The number of nitrogens with one attached hydrogen (secondary N) is 1. The summed E-state index contributed by atoms with van der Waals surface area (Å²) in [5.41, 5.74) is 2.30. The minimum absolute atomic E-state index is 0.259. The Morgan fingerprint density at radius 2 is 1.94 bits per heavy atom. The SMILES string of the molecule is CC(C)NCc1ccc(N2CCCCC2=O)cc1. The number of carbonyl (C=O) groups excluding carboxylic acids is 1. The van der Waals surface area contributed by atoms with Crippen LogP contribution in [0.25, 0.3) is 0 Å². The highest BCUT2D eigenvalue weighted by atomic mass is 16.2. The zero-order valence-corrected chi connectivity index (χ0v) is 11.3. The Kier molecular flexibility index (Phi) is 4.37. The predicted octanol–water partition coefficient (Wildman–Crippen LogP) is 2.70. The van der Waals surface area contributed by atoms with E-state index in [0.29, 0.717) is 12.5 Å². The Balaban J connectivity index is 2.00. The van der Waals surface area contributed by atoms with Crippen molar-refractivity contribution in [1.29, 1.82) is 0 Å². The normalized spacial score (nSPS) is 16.4. The van der Waals surface area contributed by atoms with Crippen LogP contribution in [-0.4, -0.2) is 18.5 Å². The van der Waals surface area contributed by atoms with E-state index in [9.17, 15) is 4.79 Å². The van der Waals surface area contributed by atoms with Crippen molar-refractivity contribution in [2.45, 2.75) is 45.7 Å². The average Bonchev–Trinajstić information content (AvgIpc) is 2.38. The second-order valence-corrected chi connectivity index (χ2v) is 5.20. The third-order valence-electron chi connectivity index (χ3n) is 3.29. The van der Waals surface area contributed by atoms with Crippen molar-refractivity contribution in [1.82, 2.24) is 5.32 Å². The van der Waals surface area contributed by atoms with Gasteiger partial charge in [-0.3, -0.25) is 4.79 Å². The standard InChI is InChI=1S/C15H22N2O/c1-12(2)16-11-13-6-8-14(9-7-13)17-10-4-3-5-15(17)18/h6-9,12,16H,3-5,10-11H2,1-2H3. The molecule has 0 saturated carbocycles. The van der Waals surface area contributed by atoms with Crippen LogP contribution in [0.2, 0.25) is 0 Å². The third kappa shape index (κ3) is 3.33. The Labute approximate surface area is 109 Å². The fraction of sp³-hybridized carbons (Fsp3) is 0.533. The zero-order chi connectivity index (χ0) is 13.0. The van der Waals surface area contributed by atoms with Crippen molar-refractivity contribution in [3.8, 4) is 0 Å². The maximum Gasteiger partial charge on any atom is 0.226 e. The van der Waals surface area contributed by atoms with E-state index < -0.39 is 0 Å². The quantitative estimate of drug-likeness (QED) is 0.886. The Hall–Kier alpha value is -1.35. The number of carbonyl (C=O) groups is 1. The molecule has 1 N–H and O–H groups in total. The number of amides is 1. The van der Waals surface area contributed by atoms with Crippen molar-refractivity contribution >= 4 is 11.6 Å². The van der Waals surface area contributed by atoms with Crippen LogP contribution in [0.15, 0.2) is 24.3 Å². The van der Waals surface area contributed by atoms with Gasteiger partial charge >= 0.3 is 0 Å². The number of rotatable bonds is 4. The number of piperidine rings is 1. The molecule has 0 unspecified atom stereocenters. The first-order chi connectivity index (χ1) is 8.66. The molecule has 2 rings (SSSR count). The molecule has 0 spiro atoms. The van der Waals surface area contributed by atoms with Gasteiger partial charge in [-0.1, -0.05) is 26.0 Å². The van der Waals surface area contributed by atoms with Crippen molar-refractivity contribution < 1.29 is 4.79 Å². The lowest BCUT2D eigenvalue weighted by atomic mass is 10.1. The molecular formula is C15H22N2O. The Morgan fingerprint density at radius 3 is 2.56 bits per heavy atom. The van der Waals surface area contributed by atoms with Crippen molar-refractivity contribution in [3.63, 3.8) is 0 Å². The molecule has 0 bridgehead atoms. The first-order valence-electron chi connectivity index (χ1n) is 6.79. The lowest BCUT2D eigenvalue weighted by Gasteiger charge is -2.26. The van der Waals surface area contributed by atoms with Crippen LogP contribution in [0.3, 0.4) is 0 Å². The van der Waals surface area contributed by atoms with E-state index >= 15 is 0 Å². The van der Waals surface area contributed by atoms with E-state index in [1.807, 2.05) is 4.90 Å². The van der Waals surface area contributed by atoms with Gasteiger partial charge in [0, 0.05) is 31.2 Å². The molecule has 3 heteroatoms. The average molecular weight is 246 g/mol. The van der Waals surface area contributed by atoms with Gasteiger partial charge in [0.15, 0.2) is 0 Å². The maximum absolute atomic E-state index is 11.8. The molecule has 1 aromatic rings. The van der Waals surface area contributed by atoms with E-state index in [1.165, 1.54) is 5.56 Å². The highest BCUT2D eigenvalue weighted by Crippen LogP contribution is 2.21. The molecule has 1 aliphatic rings. The summed E-state index contributed by atoms with van der Waals surface area (Å²) in [4.78, 5) is 13.7. The number of benzene rings is 1. The van der Waals surface area contributed by atoms with Crippen molar-refractivity contribution in [2.24, 2.45) is 0 Å². The molecule has 1 aliphatic heterocycles. The van der Waals surface area contributed by atoms with Crippen molar-refractivity contribution in [2.75, 3.05) is 11.4 Å². The molecule has 1 saturated heterocycles. The largest absolute Gasteiger partial charge is 0.312 e. The van der Waals surface area contributed by atoms with Gasteiger partial charge in [-0.15, -0.1) is 0 Å². The van der Waals surface area contributed by atoms with Crippen LogP contribution >= 0.6 is 0 Å². The summed E-state index contributed by atoms with van der Waals surface area (Å²) >= 11 is 0. The number of nitrogens with zero attached hydrogens (tertiary/aromatic N) is 1. The third-order valence-corrected chi connectivity index (χ3v) is 3.29. The fourth-order valence-electron chi connectivity index (χ4n) is 2.19. The molecule has 0 aromatic heterocycles. The Morgan fingerprint density at radius 1 is 1.22 bits per heavy atom. The monoisotopic (exact) mass is 246 g/mol. The molecule has 3 nitrogen and oxygen atoms in total. The van der Waals surface area contributed by atoms with Gasteiger partial charge < -0.3 is 10.2 Å². The van der Waals surface area contributed by atoms with E-state index in [0.717, 1.165) is 31.6 Å². The van der Waals surface area contributed by atoms with Crippen LogP contribution in [0.1, 0.15) is 38.7 Å². The molecule has 1 aromatic carbocycles. The van der Waals surface area contributed by atoms with Gasteiger partial charge in [-0.2, -0.15) is 0 Å². The number of hydrogen-bond acceptors (Lipinski definition) is 2.